The average molecular weight is 404 g/mol. The lowest BCUT2D eigenvalue weighted by Gasteiger charge is -2.11. The van der Waals surface area contributed by atoms with Crippen LogP contribution in [0.25, 0.3) is 0 Å². The summed E-state index contributed by atoms with van der Waals surface area (Å²) in [5.41, 5.74) is 1.65. The smallest absolute Gasteiger partial charge is 0.262 e. The molecular formula is C24H24N2O4. The number of hydrogen-bond acceptors (Lipinski definition) is 4. The van der Waals surface area contributed by atoms with E-state index < -0.39 is 0 Å². The fourth-order valence-electron chi connectivity index (χ4n) is 2.70. The number of ether oxygens (including phenoxy) is 2. The van der Waals surface area contributed by atoms with Crippen LogP contribution in [0.15, 0.2) is 78.9 Å². The first-order chi connectivity index (χ1) is 14.5. The molecule has 0 aliphatic heterocycles. The Morgan fingerprint density at radius 1 is 0.800 bits per heavy atom. The highest BCUT2D eigenvalue weighted by molar-refractivity contribution is 6.04. The number of hydrogen-bond donors (Lipinski definition) is 2. The van der Waals surface area contributed by atoms with Crippen molar-refractivity contribution in [2.24, 2.45) is 0 Å². The molecule has 0 bridgehead atoms. The van der Waals surface area contributed by atoms with E-state index >= 15 is 0 Å². The quantitative estimate of drug-likeness (QED) is 0.568. The molecular weight excluding hydrogens is 380 g/mol. The monoisotopic (exact) mass is 404 g/mol. The van der Waals surface area contributed by atoms with Crippen LogP contribution in [-0.2, 0) is 4.79 Å². The summed E-state index contributed by atoms with van der Waals surface area (Å²) in [6, 6.07) is 23.0. The minimum Gasteiger partial charge on any atom is -0.491 e. The summed E-state index contributed by atoms with van der Waals surface area (Å²) in [5.74, 6) is 0.799. The normalized spacial score (nSPS) is 10.4. The average Bonchev–Trinajstić information content (AvgIpc) is 2.73. The maximum atomic E-state index is 12.5. The number of amides is 2. The number of nitrogens with one attached hydrogen (secondary N) is 2. The largest absolute Gasteiger partial charge is 0.491 e. The van der Waals surface area contributed by atoms with Gasteiger partial charge in [-0.1, -0.05) is 24.3 Å². The summed E-state index contributed by atoms with van der Waals surface area (Å²) < 4.78 is 11.0. The van der Waals surface area contributed by atoms with Gasteiger partial charge in [0.2, 0.25) is 0 Å². The zero-order chi connectivity index (χ0) is 21.3. The van der Waals surface area contributed by atoms with Crippen LogP contribution in [0.1, 0.15) is 24.2 Å². The van der Waals surface area contributed by atoms with E-state index in [1.807, 2.05) is 32.0 Å². The summed E-state index contributed by atoms with van der Waals surface area (Å²) in [4.78, 5) is 24.6. The SMILES string of the molecule is CC(C)Oc1ccc(C(=O)Nc2cccc(NC(=O)COc3ccccc3)c2)cc1. The van der Waals surface area contributed by atoms with Crippen LogP contribution in [0.2, 0.25) is 0 Å². The molecule has 0 heterocycles. The van der Waals surface area contributed by atoms with E-state index in [9.17, 15) is 9.59 Å². The first kappa shape index (κ1) is 20.9. The highest BCUT2D eigenvalue weighted by Crippen LogP contribution is 2.18. The lowest BCUT2D eigenvalue weighted by molar-refractivity contribution is -0.118. The van der Waals surface area contributed by atoms with Gasteiger partial charge in [-0.05, 0) is 68.4 Å². The van der Waals surface area contributed by atoms with Crippen molar-refractivity contribution >= 4 is 23.2 Å². The molecule has 0 saturated carbocycles. The standard InChI is InChI=1S/C24H24N2O4/c1-17(2)30-22-13-11-18(12-14-22)24(28)26-20-8-6-7-19(15-20)25-23(27)16-29-21-9-4-3-5-10-21/h3-15,17H,16H2,1-2H3,(H,25,27)(H,26,28). The molecule has 2 N–H and O–H groups in total. The molecule has 0 fully saturated rings. The van der Waals surface area contributed by atoms with Crippen molar-refractivity contribution in [3.8, 4) is 11.5 Å². The van der Waals surface area contributed by atoms with Gasteiger partial charge in [0, 0.05) is 16.9 Å². The molecule has 0 radical (unpaired) electrons. The molecule has 2 amide bonds. The van der Waals surface area contributed by atoms with E-state index in [1.54, 1.807) is 60.7 Å². The van der Waals surface area contributed by atoms with Gasteiger partial charge in [-0.2, -0.15) is 0 Å². The summed E-state index contributed by atoms with van der Waals surface area (Å²) in [7, 11) is 0. The number of para-hydroxylation sites is 1. The summed E-state index contributed by atoms with van der Waals surface area (Å²) >= 11 is 0. The number of benzene rings is 3. The van der Waals surface area contributed by atoms with Gasteiger partial charge in [-0.3, -0.25) is 9.59 Å². The van der Waals surface area contributed by atoms with Gasteiger partial charge in [0.05, 0.1) is 6.10 Å². The molecule has 6 heteroatoms. The van der Waals surface area contributed by atoms with Gasteiger partial charge in [-0.25, -0.2) is 0 Å². The van der Waals surface area contributed by atoms with Crippen LogP contribution in [0.3, 0.4) is 0 Å². The van der Waals surface area contributed by atoms with Gasteiger partial charge < -0.3 is 20.1 Å². The third kappa shape index (κ3) is 6.38. The van der Waals surface area contributed by atoms with Crippen LogP contribution in [-0.4, -0.2) is 24.5 Å². The van der Waals surface area contributed by atoms with Crippen LogP contribution < -0.4 is 20.1 Å². The lowest BCUT2D eigenvalue weighted by atomic mass is 10.2. The summed E-state index contributed by atoms with van der Waals surface area (Å²) in [6.45, 7) is 3.78. The van der Waals surface area contributed by atoms with Gasteiger partial charge in [0.1, 0.15) is 11.5 Å². The molecule has 6 nitrogen and oxygen atoms in total. The molecule has 0 spiro atoms. The van der Waals surface area contributed by atoms with E-state index in [0.717, 1.165) is 0 Å². The van der Waals surface area contributed by atoms with Crippen molar-refractivity contribution in [1.29, 1.82) is 0 Å². The van der Waals surface area contributed by atoms with Crippen LogP contribution in [0.4, 0.5) is 11.4 Å². The van der Waals surface area contributed by atoms with Crippen molar-refractivity contribution < 1.29 is 19.1 Å². The van der Waals surface area contributed by atoms with Crippen LogP contribution >= 0.6 is 0 Å². The Balaban J connectivity index is 1.55. The van der Waals surface area contributed by atoms with E-state index in [2.05, 4.69) is 10.6 Å². The van der Waals surface area contributed by atoms with E-state index in [1.165, 1.54) is 0 Å². The molecule has 3 aromatic carbocycles. The lowest BCUT2D eigenvalue weighted by Crippen LogP contribution is -2.20. The van der Waals surface area contributed by atoms with Gasteiger partial charge in [0.15, 0.2) is 6.61 Å². The summed E-state index contributed by atoms with van der Waals surface area (Å²) in [6.07, 6.45) is 0.0701. The summed E-state index contributed by atoms with van der Waals surface area (Å²) in [5, 5.41) is 5.59. The van der Waals surface area contributed by atoms with E-state index in [0.29, 0.717) is 28.4 Å². The predicted molar refractivity (Wildman–Crippen MR) is 117 cm³/mol. The topological polar surface area (TPSA) is 76.7 Å². The molecule has 30 heavy (non-hydrogen) atoms. The van der Waals surface area contributed by atoms with Crippen molar-refractivity contribution in [3.63, 3.8) is 0 Å². The molecule has 0 saturated heterocycles. The molecule has 3 rings (SSSR count). The Hall–Kier alpha value is -3.80. The molecule has 0 aliphatic carbocycles. The van der Waals surface area contributed by atoms with Crippen molar-refractivity contribution in [2.75, 3.05) is 17.2 Å². The zero-order valence-electron chi connectivity index (χ0n) is 16.9. The van der Waals surface area contributed by atoms with Crippen LogP contribution in [0, 0.1) is 0 Å². The Kier molecular flexibility index (Phi) is 7.05. The number of carbonyl (C=O) groups is 2. The highest BCUT2D eigenvalue weighted by Gasteiger charge is 2.09. The second kappa shape index (κ2) is 10.1. The number of rotatable bonds is 8. The second-order valence-corrected chi connectivity index (χ2v) is 6.88. The molecule has 3 aromatic rings. The van der Waals surface area contributed by atoms with Crippen molar-refractivity contribution in [3.05, 3.63) is 84.4 Å². The van der Waals surface area contributed by atoms with E-state index in [-0.39, 0.29) is 24.5 Å². The number of carbonyl (C=O) groups excluding carboxylic acids is 2. The fraction of sp³-hybridized carbons (Fsp3) is 0.167. The maximum Gasteiger partial charge on any atom is 0.262 e. The minimum atomic E-state index is -0.289. The third-order valence-corrected chi connectivity index (χ3v) is 4.01. The van der Waals surface area contributed by atoms with Crippen LogP contribution in [0.5, 0.6) is 11.5 Å². The molecule has 0 atom stereocenters. The minimum absolute atomic E-state index is 0.0701. The Bertz CT molecular complexity index is 986. The number of anilines is 2. The molecule has 0 aromatic heterocycles. The first-order valence-corrected chi connectivity index (χ1v) is 9.65. The van der Waals surface area contributed by atoms with Crippen molar-refractivity contribution in [2.45, 2.75) is 20.0 Å². The molecule has 154 valence electrons. The second-order valence-electron chi connectivity index (χ2n) is 6.88. The van der Waals surface area contributed by atoms with Gasteiger partial charge >= 0.3 is 0 Å². The van der Waals surface area contributed by atoms with Crippen molar-refractivity contribution in [1.82, 2.24) is 0 Å². The molecule has 0 unspecified atom stereocenters. The van der Waals surface area contributed by atoms with Gasteiger partial charge in [0.25, 0.3) is 11.8 Å². The maximum absolute atomic E-state index is 12.5. The first-order valence-electron chi connectivity index (χ1n) is 9.65. The Morgan fingerprint density at radius 2 is 1.47 bits per heavy atom. The Morgan fingerprint density at radius 3 is 2.13 bits per heavy atom. The highest BCUT2D eigenvalue weighted by atomic mass is 16.5. The zero-order valence-corrected chi connectivity index (χ0v) is 16.9. The van der Waals surface area contributed by atoms with Gasteiger partial charge in [-0.15, -0.1) is 0 Å². The fourth-order valence-corrected chi connectivity index (χ4v) is 2.70. The van der Waals surface area contributed by atoms with E-state index in [4.69, 9.17) is 9.47 Å². The third-order valence-electron chi connectivity index (χ3n) is 4.01. The molecule has 0 aliphatic rings. The predicted octanol–water partition coefficient (Wildman–Crippen LogP) is 4.74. The Labute approximate surface area is 175 Å².